The summed E-state index contributed by atoms with van der Waals surface area (Å²) in [6.07, 6.45) is 4.78. The van der Waals surface area contributed by atoms with Gasteiger partial charge in [0, 0.05) is 24.5 Å². The van der Waals surface area contributed by atoms with Gasteiger partial charge in [0.2, 0.25) is 5.91 Å². The van der Waals surface area contributed by atoms with Crippen LogP contribution in [0.3, 0.4) is 0 Å². The number of hydrogen-bond donors (Lipinski definition) is 1. The minimum absolute atomic E-state index is 0.178. The molecule has 0 spiro atoms. The highest BCUT2D eigenvalue weighted by atomic mass is 16.2. The van der Waals surface area contributed by atoms with Gasteiger partial charge in [-0.05, 0) is 45.7 Å². The Bertz CT molecular complexity index is 411. The Kier molecular flexibility index (Phi) is 4.51. The first-order valence-corrected chi connectivity index (χ1v) is 7.30. The number of hydrogen-bond acceptors (Lipinski definition) is 2. The van der Waals surface area contributed by atoms with E-state index in [1.165, 1.54) is 12.8 Å². The van der Waals surface area contributed by atoms with Crippen molar-refractivity contribution in [1.82, 2.24) is 9.58 Å². The standard InChI is InChI=1S/C15H25N3O/c1-12-8-9-13(2)18(12)16-14(3)15(19)17-10-6-4-5-7-11-17/h8-9,14,16H,4-7,10-11H2,1-3H3. The van der Waals surface area contributed by atoms with Gasteiger partial charge in [0.15, 0.2) is 0 Å². The SMILES string of the molecule is Cc1ccc(C)n1NC(C)C(=O)N1CCCCCC1. The lowest BCUT2D eigenvalue weighted by Crippen LogP contribution is -2.44. The third-order valence-electron chi connectivity index (χ3n) is 3.88. The molecule has 1 fully saturated rings. The molecule has 1 aromatic heterocycles. The number of nitrogens with one attached hydrogen (secondary N) is 1. The summed E-state index contributed by atoms with van der Waals surface area (Å²) in [5.74, 6) is 0.217. The first-order valence-electron chi connectivity index (χ1n) is 7.30. The van der Waals surface area contributed by atoms with Crippen LogP contribution in [0.25, 0.3) is 0 Å². The van der Waals surface area contributed by atoms with Crippen LogP contribution in [0.1, 0.15) is 44.0 Å². The molecule has 0 bridgehead atoms. The number of amides is 1. The third-order valence-corrected chi connectivity index (χ3v) is 3.88. The summed E-state index contributed by atoms with van der Waals surface area (Å²) in [6, 6.07) is 3.94. The summed E-state index contributed by atoms with van der Waals surface area (Å²) in [5.41, 5.74) is 5.57. The maximum Gasteiger partial charge on any atom is 0.246 e. The molecule has 1 atom stereocenters. The molecule has 1 unspecified atom stereocenters. The van der Waals surface area contributed by atoms with Crippen molar-refractivity contribution in [1.29, 1.82) is 0 Å². The Morgan fingerprint density at radius 3 is 2.16 bits per heavy atom. The van der Waals surface area contributed by atoms with Crippen molar-refractivity contribution >= 4 is 5.91 Å². The second-order valence-corrected chi connectivity index (χ2v) is 5.54. The fourth-order valence-corrected chi connectivity index (χ4v) is 2.69. The zero-order valence-corrected chi connectivity index (χ0v) is 12.3. The van der Waals surface area contributed by atoms with Crippen LogP contribution < -0.4 is 5.43 Å². The molecule has 1 aromatic rings. The topological polar surface area (TPSA) is 37.3 Å². The Hall–Kier alpha value is -1.45. The predicted molar refractivity (Wildman–Crippen MR) is 77.8 cm³/mol. The quantitative estimate of drug-likeness (QED) is 0.909. The van der Waals surface area contributed by atoms with Crippen LogP contribution >= 0.6 is 0 Å². The van der Waals surface area contributed by atoms with Gasteiger partial charge in [-0.2, -0.15) is 0 Å². The zero-order chi connectivity index (χ0) is 13.8. The largest absolute Gasteiger partial charge is 0.341 e. The van der Waals surface area contributed by atoms with Crippen molar-refractivity contribution in [3.63, 3.8) is 0 Å². The average molecular weight is 263 g/mol. The molecule has 106 valence electrons. The number of aryl methyl sites for hydroxylation is 2. The van der Waals surface area contributed by atoms with Crippen molar-refractivity contribution < 1.29 is 4.79 Å². The van der Waals surface area contributed by atoms with E-state index < -0.39 is 0 Å². The van der Waals surface area contributed by atoms with E-state index in [1.807, 2.05) is 30.3 Å². The Morgan fingerprint density at radius 2 is 1.63 bits per heavy atom. The molecule has 1 amide bonds. The molecule has 19 heavy (non-hydrogen) atoms. The molecular weight excluding hydrogens is 238 g/mol. The Balaban J connectivity index is 1.98. The van der Waals surface area contributed by atoms with E-state index in [0.29, 0.717) is 0 Å². The van der Waals surface area contributed by atoms with Gasteiger partial charge in [0.05, 0.1) is 0 Å². The van der Waals surface area contributed by atoms with Crippen LogP contribution in [0.15, 0.2) is 12.1 Å². The van der Waals surface area contributed by atoms with Gasteiger partial charge in [0.1, 0.15) is 6.04 Å². The number of carbonyl (C=O) groups is 1. The second-order valence-electron chi connectivity index (χ2n) is 5.54. The Morgan fingerprint density at radius 1 is 1.11 bits per heavy atom. The minimum atomic E-state index is -0.178. The third kappa shape index (κ3) is 3.31. The highest BCUT2D eigenvalue weighted by Crippen LogP contribution is 2.12. The second kappa shape index (κ2) is 6.13. The van der Waals surface area contributed by atoms with Crippen LogP contribution in [-0.4, -0.2) is 34.6 Å². The van der Waals surface area contributed by atoms with Crippen molar-refractivity contribution in [2.45, 2.75) is 52.5 Å². The number of carbonyl (C=O) groups excluding carboxylic acids is 1. The van der Waals surface area contributed by atoms with Gasteiger partial charge in [-0.1, -0.05) is 12.8 Å². The number of aromatic nitrogens is 1. The van der Waals surface area contributed by atoms with Crippen LogP contribution in [0.4, 0.5) is 0 Å². The highest BCUT2D eigenvalue weighted by molar-refractivity contribution is 5.82. The maximum atomic E-state index is 12.4. The molecule has 1 saturated heterocycles. The van der Waals surface area contributed by atoms with Crippen LogP contribution in [0, 0.1) is 13.8 Å². The van der Waals surface area contributed by atoms with Gasteiger partial charge in [-0.3, -0.25) is 9.47 Å². The molecule has 2 rings (SSSR count). The number of likely N-dealkylation sites (tertiary alicyclic amines) is 1. The first-order chi connectivity index (χ1) is 9.09. The summed E-state index contributed by atoms with van der Waals surface area (Å²) >= 11 is 0. The Labute approximate surface area is 115 Å². The van der Waals surface area contributed by atoms with E-state index in [-0.39, 0.29) is 11.9 Å². The van der Waals surface area contributed by atoms with E-state index in [0.717, 1.165) is 37.3 Å². The van der Waals surface area contributed by atoms with Crippen molar-refractivity contribution in [2.75, 3.05) is 18.5 Å². The number of rotatable bonds is 3. The van der Waals surface area contributed by atoms with E-state index in [4.69, 9.17) is 0 Å². The van der Waals surface area contributed by atoms with E-state index >= 15 is 0 Å². The van der Waals surface area contributed by atoms with E-state index in [9.17, 15) is 4.79 Å². The monoisotopic (exact) mass is 263 g/mol. The molecule has 0 saturated carbocycles. The molecule has 2 heterocycles. The highest BCUT2D eigenvalue weighted by Gasteiger charge is 2.21. The molecule has 4 heteroatoms. The van der Waals surface area contributed by atoms with E-state index in [2.05, 4.69) is 17.6 Å². The average Bonchev–Trinajstić information content (AvgIpc) is 2.65. The zero-order valence-electron chi connectivity index (χ0n) is 12.3. The smallest absolute Gasteiger partial charge is 0.246 e. The lowest BCUT2D eigenvalue weighted by atomic mass is 10.2. The lowest BCUT2D eigenvalue weighted by molar-refractivity contribution is -0.131. The van der Waals surface area contributed by atoms with Gasteiger partial charge in [-0.15, -0.1) is 0 Å². The van der Waals surface area contributed by atoms with Crippen molar-refractivity contribution in [2.24, 2.45) is 0 Å². The molecule has 1 aliphatic rings. The summed E-state index contributed by atoms with van der Waals surface area (Å²) in [7, 11) is 0. The maximum absolute atomic E-state index is 12.4. The summed E-state index contributed by atoms with van der Waals surface area (Å²) < 4.78 is 2.00. The molecule has 0 aliphatic carbocycles. The molecule has 0 aromatic carbocycles. The summed E-state index contributed by atoms with van der Waals surface area (Å²) in [5, 5.41) is 0. The summed E-state index contributed by atoms with van der Waals surface area (Å²) in [6.45, 7) is 7.86. The van der Waals surface area contributed by atoms with Gasteiger partial charge >= 0.3 is 0 Å². The predicted octanol–water partition coefficient (Wildman–Crippen LogP) is 2.44. The fourth-order valence-electron chi connectivity index (χ4n) is 2.69. The van der Waals surface area contributed by atoms with Crippen LogP contribution in [-0.2, 0) is 4.79 Å². The summed E-state index contributed by atoms with van der Waals surface area (Å²) in [4.78, 5) is 14.5. The molecule has 0 radical (unpaired) electrons. The number of nitrogens with zero attached hydrogens (tertiary/aromatic N) is 2. The minimum Gasteiger partial charge on any atom is -0.341 e. The molecule has 1 N–H and O–H groups in total. The fraction of sp³-hybridized carbons (Fsp3) is 0.667. The molecular formula is C15H25N3O. The van der Waals surface area contributed by atoms with Crippen LogP contribution in [0.2, 0.25) is 0 Å². The van der Waals surface area contributed by atoms with Gasteiger partial charge in [-0.25, -0.2) is 0 Å². The van der Waals surface area contributed by atoms with Crippen molar-refractivity contribution in [3.8, 4) is 0 Å². The van der Waals surface area contributed by atoms with Gasteiger partial charge < -0.3 is 10.3 Å². The van der Waals surface area contributed by atoms with E-state index in [1.54, 1.807) is 0 Å². The van der Waals surface area contributed by atoms with Crippen molar-refractivity contribution in [3.05, 3.63) is 23.5 Å². The molecule has 4 nitrogen and oxygen atoms in total. The molecule has 1 aliphatic heterocycles. The van der Waals surface area contributed by atoms with Gasteiger partial charge in [0.25, 0.3) is 0 Å². The normalized spacial score (nSPS) is 17.9. The first kappa shape index (κ1) is 14.0. The lowest BCUT2D eigenvalue weighted by Gasteiger charge is -2.26. The van der Waals surface area contributed by atoms with Crippen LogP contribution in [0.5, 0.6) is 0 Å².